The predicted molar refractivity (Wildman–Crippen MR) is 91.7 cm³/mol. The van der Waals surface area contributed by atoms with Gasteiger partial charge < -0.3 is 4.90 Å². The topological polar surface area (TPSA) is 54.5 Å². The molecule has 1 saturated heterocycles. The third-order valence-corrected chi connectivity index (χ3v) is 6.48. The molecule has 1 amide bonds. The number of thiophene rings is 1. The molecule has 1 aliphatic rings. The van der Waals surface area contributed by atoms with Gasteiger partial charge in [0.05, 0.1) is 9.77 Å². The van der Waals surface area contributed by atoms with Gasteiger partial charge in [-0.15, -0.1) is 11.3 Å². The lowest BCUT2D eigenvalue weighted by Gasteiger charge is -2.33. The van der Waals surface area contributed by atoms with E-state index in [1.165, 1.54) is 17.5 Å². The molecule has 4 nitrogen and oxygen atoms in total. The van der Waals surface area contributed by atoms with Crippen LogP contribution in [0.2, 0.25) is 0 Å². The van der Waals surface area contributed by atoms with Crippen molar-refractivity contribution in [1.29, 1.82) is 0 Å². The largest absolute Gasteiger partial charge is 0.337 e. The second-order valence-electron chi connectivity index (χ2n) is 6.17. The lowest BCUT2D eigenvalue weighted by Crippen LogP contribution is -2.39. The summed E-state index contributed by atoms with van der Waals surface area (Å²) in [6.45, 7) is 0.795. The number of rotatable bonds is 3. The molecular formula is C17H17F2NO3S2. The fourth-order valence-corrected chi connectivity index (χ4v) is 5.01. The predicted octanol–water partition coefficient (Wildman–Crippen LogP) is 3.45. The first-order valence-corrected chi connectivity index (χ1v) is 10.6. The summed E-state index contributed by atoms with van der Waals surface area (Å²) in [5.41, 5.74) is 0.278. The molecule has 1 aromatic carbocycles. The third kappa shape index (κ3) is 3.90. The summed E-state index contributed by atoms with van der Waals surface area (Å²) in [6.07, 6.45) is 2.44. The summed E-state index contributed by atoms with van der Waals surface area (Å²) in [7, 11) is -3.36. The molecule has 1 atom stereocenters. The van der Waals surface area contributed by atoms with Crippen LogP contribution in [0.4, 0.5) is 8.78 Å². The third-order valence-electron chi connectivity index (χ3n) is 4.32. The first kappa shape index (κ1) is 18.0. The Labute approximate surface area is 149 Å². The lowest BCUT2D eigenvalue weighted by molar-refractivity contribution is 0.0710. The second kappa shape index (κ2) is 6.84. The fraction of sp³-hybridized carbons (Fsp3) is 0.353. The number of nitrogens with zero attached hydrogens (tertiary/aromatic N) is 1. The van der Waals surface area contributed by atoms with Gasteiger partial charge in [-0.05, 0) is 42.7 Å². The number of carbonyl (C=O) groups excluding carboxylic acids is 1. The van der Waals surface area contributed by atoms with E-state index in [1.807, 2.05) is 0 Å². The highest BCUT2D eigenvalue weighted by Crippen LogP contribution is 2.31. The average molecular weight is 385 g/mol. The van der Waals surface area contributed by atoms with Gasteiger partial charge in [0.1, 0.15) is 11.6 Å². The number of piperidine rings is 1. The molecule has 1 unspecified atom stereocenters. The SMILES string of the molecule is CS(=O)(=O)c1csc(C(=O)N2CCCC(c3cc(F)ccc3F)C2)c1. The Morgan fingerprint density at radius 2 is 2.04 bits per heavy atom. The monoisotopic (exact) mass is 385 g/mol. The van der Waals surface area contributed by atoms with Gasteiger partial charge in [0, 0.05) is 30.6 Å². The normalized spacial score (nSPS) is 18.4. The number of likely N-dealkylation sites (tertiary alicyclic amines) is 1. The molecule has 0 spiro atoms. The minimum Gasteiger partial charge on any atom is -0.337 e. The number of carbonyl (C=O) groups is 1. The van der Waals surface area contributed by atoms with Crippen molar-refractivity contribution in [3.8, 4) is 0 Å². The van der Waals surface area contributed by atoms with Crippen LogP contribution in [0.25, 0.3) is 0 Å². The number of hydrogen-bond donors (Lipinski definition) is 0. The zero-order chi connectivity index (χ0) is 18.2. The molecule has 0 saturated carbocycles. The van der Waals surface area contributed by atoms with Gasteiger partial charge in [0.2, 0.25) is 0 Å². The van der Waals surface area contributed by atoms with Crippen molar-refractivity contribution in [3.05, 3.63) is 51.7 Å². The molecule has 8 heteroatoms. The van der Waals surface area contributed by atoms with Crippen molar-refractivity contribution in [2.75, 3.05) is 19.3 Å². The Hall–Kier alpha value is -1.80. The Bertz CT molecular complexity index is 908. The van der Waals surface area contributed by atoms with Crippen LogP contribution in [0.5, 0.6) is 0 Å². The summed E-state index contributed by atoms with van der Waals surface area (Å²) >= 11 is 1.08. The zero-order valence-electron chi connectivity index (χ0n) is 13.5. The van der Waals surface area contributed by atoms with Gasteiger partial charge in [-0.3, -0.25) is 4.79 Å². The minimum atomic E-state index is -3.36. The molecule has 2 heterocycles. The van der Waals surface area contributed by atoms with Crippen LogP contribution in [0, 0.1) is 11.6 Å². The van der Waals surface area contributed by atoms with E-state index < -0.39 is 21.5 Å². The van der Waals surface area contributed by atoms with Crippen LogP contribution in [0.1, 0.15) is 34.0 Å². The number of benzene rings is 1. The van der Waals surface area contributed by atoms with Crippen molar-refractivity contribution in [3.63, 3.8) is 0 Å². The molecule has 134 valence electrons. The van der Waals surface area contributed by atoms with Crippen LogP contribution in [0.3, 0.4) is 0 Å². The number of sulfone groups is 1. The first-order chi connectivity index (χ1) is 11.8. The highest BCUT2D eigenvalue weighted by atomic mass is 32.2. The second-order valence-corrected chi connectivity index (χ2v) is 9.10. The van der Waals surface area contributed by atoms with Crippen molar-refractivity contribution < 1.29 is 22.0 Å². The molecule has 1 aliphatic heterocycles. The van der Waals surface area contributed by atoms with E-state index in [2.05, 4.69) is 0 Å². The maximum atomic E-state index is 14.0. The molecule has 1 aromatic heterocycles. The Morgan fingerprint density at radius 1 is 1.28 bits per heavy atom. The molecule has 0 aliphatic carbocycles. The molecule has 0 bridgehead atoms. The van der Waals surface area contributed by atoms with Crippen LogP contribution < -0.4 is 0 Å². The van der Waals surface area contributed by atoms with Gasteiger partial charge >= 0.3 is 0 Å². The van der Waals surface area contributed by atoms with E-state index >= 15 is 0 Å². The quantitative estimate of drug-likeness (QED) is 0.813. The highest BCUT2D eigenvalue weighted by molar-refractivity contribution is 7.90. The highest BCUT2D eigenvalue weighted by Gasteiger charge is 2.28. The fourth-order valence-electron chi connectivity index (χ4n) is 3.02. The first-order valence-electron chi connectivity index (χ1n) is 7.78. The van der Waals surface area contributed by atoms with Crippen LogP contribution in [-0.4, -0.2) is 38.6 Å². The summed E-state index contributed by atoms with van der Waals surface area (Å²) in [5, 5.41) is 1.44. The van der Waals surface area contributed by atoms with Gasteiger partial charge in [-0.2, -0.15) is 0 Å². The number of amides is 1. The zero-order valence-corrected chi connectivity index (χ0v) is 15.2. The Balaban J connectivity index is 1.80. The maximum Gasteiger partial charge on any atom is 0.263 e. The summed E-state index contributed by atoms with van der Waals surface area (Å²) in [4.78, 5) is 14.7. The smallest absolute Gasteiger partial charge is 0.263 e. The van der Waals surface area contributed by atoms with E-state index in [9.17, 15) is 22.0 Å². The Kier molecular flexibility index (Phi) is 4.92. The van der Waals surface area contributed by atoms with Gasteiger partial charge in [-0.25, -0.2) is 17.2 Å². The summed E-state index contributed by atoms with van der Waals surface area (Å²) in [5.74, 6) is -1.53. The van der Waals surface area contributed by atoms with E-state index in [-0.39, 0.29) is 28.8 Å². The van der Waals surface area contributed by atoms with Crippen LogP contribution in [-0.2, 0) is 9.84 Å². The van der Waals surface area contributed by atoms with Crippen molar-refractivity contribution in [2.24, 2.45) is 0 Å². The molecule has 0 radical (unpaired) electrons. The van der Waals surface area contributed by atoms with Crippen LogP contribution in [0.15, 0.2) is 34.5 Å². The Morgan fingerprint density at radius 3 is 2.72 bits per heavy atom. The van der Waals surface area contributed by atoms with Crippen molar-refractivity contribution in [2.45, 2.75) is 23.7 Å². The minimum absolute atomic E-state index is 0.116. The summed E-state index contributed by atoms with van der Waals surface area (Å²) < 4.78 is 50.6. The van der Waals surface area contributed by atoms with Crippen molar-refractivity contribution >= 4 is 27.1 Å². The van der Waals surface area contributed by atoms with Crippen LogP contribution >= 0.6 is 11.3 Å². The van der Waals surface area contributed by atoms with Gasteiger partial charge in [-0.1, -0.05) is 0 Å². The molecule has 3 rings (SSSR count). The maximum absolute atomic E-state index is 14.0. The molecular weight excluding hydrogens is 368 g/mol. The summed E-state index contributed by atoms with van der Waals surface area (Å²) in [6, 6.07) is 4.72. The van der Waals surface area contributed by atoms with E-state index in [1.54, 1.807) is 4.90 Å². The average Bonchev–Trinajstić information content (AvgIpc) is 3.07. The number of hydrogen-bond acceptors (Lipinski definition) is 4. The standard InChI is InChI=1S/C17H17F2NO3S2/c1-25(22,23)13-8-16(24-10-13)17(21)20-6-2-3-11(9-20)14-7-12(18)4-5-15(14)19/h4-5,7-8,10-11H,2-3,6,9H2,1H3. The molecule has 1 fully saturated rings. The van der Waals surface area contributed by atoms with Gasteiger partial charge in [0.25, 0.3) is 5.91 Å². The number of halogens is 2. The van der Waals surface area contributed by atoms with Crippen molar-refractivity contribution in [1.82, 2.24) is 4.90 Å². The van der Waals surface area contributed by atoms with E-state index in [4.69, 9.17) is 0 Å². The molecule has 2 aromatic rings. The molecule has 0 N–H and O–H groups in total. The van der Waals surface area contributed by atoms with Gasteiger partial charge in [0.15, 0.2) is 9.84 Å². The molecule has 25 heavy (non-hydrogen) atoms. The van der Waals surface area contributed by atoms with E-state index in [0.717, 1.165) is 29.7 Å². The lowest BCUT2D eigenvalue weighted by atomic mass is 9.90. The van der Waals surface area contributed by atoms with E-state index in [0.29, 0.717) is 24.3 Å².